The number of allylic oxidation sites excluding steroid dienone is 1. The maximum Gasteiger partial charge on any atom is 0.131 e. The maximum absolute atomic E-state index is 10.7. The van der Waals surface area contributed by atoms with Crippen LogP contribution in [0, 0.1) is 5.92 Å². The first kappa shape index (κ1) is 8.78. The lowest BCUT2D eigenvalue weighted by Gasteiger charge is -2.11. The van der Waals surface area contributed by atoms with E-state index in [1.54, 1.807) is 24.5 Å². The van der Waals surface area contributed by atoms with Crippen molar-refractivity contribution >= 4 is 6.29 Å². The molecule has 0 aromatic carbocycles. The van der Waals surface area contributed by atoms with Crippen LogP contribution in [0.2, 0.25) is 0 Å². The molecule has 0 bridgehead atoms. The Balaban J connectivity index is 2.82. The Labute approximate surface area is 71.9 Å². The van der Waals surface area contributed by atoms with Crippen LogP contribution in [-0.2, 0) is 4.79 Å². The van der Waals surface area contributed by atoms with Crippen LogP contribution in [0.3, 0.4) is 0 Å². The van der Waals surface area contributed by atoms with E-state index in [-0.39, 0.29) is 11.8 Å². The molecule has 0 saturated carbocycles. The summed E-state index contributed by atoms with van der Waals surface area (Å²) in [5, 5.41) is 0. The summed E-state index contributed by atoms with van der Waals surface area (Å²) in [4.78, 5) is 10.7. The summed E-state index contributed by atoms with van der Waals surface area (Å²) in [7, 11) is 0. The lowest BCUT2D eigenvalue weighted by atomic mass is 9.93. The summed E-state index contributed by atoms with van der Waals surface area (Å²) >= 11 is 0. The fourth-order valence-corrected chi connectivity index (χ4v) is 1.08. The average molecular weight is 164 g/mol. The van der Waals surface area contributed by atoms with E-state index in [0.717, 1.165) is 6.29 Å². The molecule has 0 N–H and O–H groups in total. The maximum atomic E-state index is 10.7. The van der Waals surface area contributed by atoms with Crippen LogP contribution < -0.4 is 0 Å². The first-order valence-corrected chi connectivity index (χ1v) is 3.91. The minimum atomic E-state index is -0.197. The molecule has 2 nitrogen and oxygen atoms in total. The highest BCUT2D eigenvalue weighted by Gasteiger charge is 2.18. The minimum Gasteiger partial charge on any atom is -0.469 e. The van der Waals surface area contributed by atoms with Gasteiger partial charge in [-0.25, -0.2) is 0 Å². The van der Waals surface area contributed by atoms with Crippen molar-refractivity contribution in [2.75, 3.05) is 0 Å². The van der Waals surface area contributed by atoms with Gasteiger partial charge in [0, 0.05) is 0 Å². The standard InChI is InChI=1S/C10H12O2/c1-3-8(2)9(7-11)10-5-4-6-12-10/h3-9H,1H2,2H3. The highest BCUT2D eigenvalue weighted by molar-refractivity contribution is 5.61. The molecule has 2 atom stereocenters. The topological polar surface area (TPSA) is 30.2 Å². The highest BCUT2D eigenvalue weighted by atomic mass is 16.3. The van der Waals surface area contributed by atoms with Gasteiger partial charge in [-0.3, -0.25) is 0 Å². The lowest BCUT2D eigenvalue weighted by Crippen LogP contribution is -2.07. The van der Waals surface area contributed by atoms with Gasteiger partial charge in [-0.2, -0.15) is 0 Å². The molecule has 2 unspecified atom stereocenters. The second-order valence-electron chi connectivity index (χ2n) is 2.77. The Hall–Kier alpha value is -1.31. The Morgan fingerprint density at radius 2 is 2.42 bits per heavy atom. The molecule has 12 heavy (non-hydrogen) atoms. The van der Waals surface area contributed by atoms with Crippen molar-refractivity contribution in [2.45, 2.75) is 12.8 Å². The first-order valence-electron chi connectivity index (χ1n) is 3.91. The number of furan rings is 1. The number of aldehydes is 1. The summed E-state index contributed by atoms with van der Waals surface area (Å²) in [6.45, 7) is 5.58. The highest BCUT2D eigenvalue weighted by Crippen LogP contribution is 2.23. The molecule has 0 aliphatic carbocycles. The summed E-state index contributed by atoms with van der Waals surface area (Å²) < 4.78 is 5.13. The van der Waals surface area contributed by atoms with Gasteiger partial charge in [-0.1, -0.05) is 13.0 Å². The van der Waals surface area contributed by atoms with Crippen LogP contribution in [0.1, 0.15) is 18.6 Å². The van der Waals surface area contributed by atoms with Crippen molar-refractivity contribution < 1.29 is 9.21 Å². The molecular formula is C10H12O2. The van der Waals surface area contributed by atoms with Crippen molar-refractivity contribution in [3.63, 3.8) is 0 Å². The molecule has 1 heterocycles. The summed E-state index contributed by atoms with van der Waals surface area (Å²) in [6, 6.07) is 3.58. The van der Waals surface area contributed by atoms with E-state index < -0.39 is 0 Å². The largest absolute Gasteiger partial charge is 0.469 e. The van der Waals surface area contributed by atoms with E-state index in [9.17, 15) is 4.79 Å². The van der Waals surface area contributed by atoms with E-state index >= 15 is 0 Å². The molecule has 0 saturated heterocycles. The van der Waals surface area contributed by atoms with Crippen LogP contribution >= 0.6 is 0 Å². The number of hydrogen-bond donors (Lipinski definition) is 0. The third-order valence-electron chi connectivity index (χ3n) is 1.96. The van der Waals surface area contributed by atoms with Crippen molar-refractivity contribution in [1.29, 1.82) is 0 Å². The van der Waals surface area contributed by atoms with Gasteiger partial charge in [0.1, 0.15) is 12.0 Å². The quantitative estimate of drug-likeness (QED) is 0.505. The van der Waals surface area contributed by atoms with Crippen LogP contribution in [-0.4, -0.2) is 6.29 Å². The van der Waals surface area contributed by atoms with Crippen LogP contribution in [0.5, 0.6) is 0 Å². The SMILES string of the molecule is C=CC(C)C(C=O)c1ccco1. The van der Waals surface area contributed by atoms with E-state index in [2.05, 4.69) is 6.58 Å². The van der Waals surface area contributed by atoms with Gasteiger partial charge in [0.05, 0.1) is 12.2 Å². The fraction of sp³-hybridized carbons (Fsp3) is 0.300. The van der Waals surface area contributed by atoms with Crippen molar-refractivity contribution in [2.24, 2.45) is 5.92 Å². The van der Waals surface area contributed by atoms with E-state index in [1.807, 2.05) is 6.92 Å². The molecule has 64 valence electrons. The second-order valence-corrected chi connectivity index (χ2v) is 2.77. The number of carbonyl (C=O) groups excluding carboxylic acids is 1. The van der Waals surface area contributed by atoms with Crippen LogP contribution in [0.15, 0.2) is 35.5 Å². The Morgan fingerprint density at radius 1 is 1.67 bits per heavy atom. The van der Waals surface area contributed by atoms with Gasteiger partial charge in [0.25, 0.3) is 0 Å². The minimum absolute atomic E-state index is 0.119. The lowest BCUT2D eigenvalue weighted by molar-refractivity contribution is -0.110. The fourth-order valence-electron chi connectivity index (χ4n) is 1.08. The predicted octanol–water partition coefficient (Wildman–Crippen LogP) is 2.38. The molecule has 0 aliphatic rings. The van der Waals surface area contributed by atoms with Gasteiger partial charge in [-0.05, 0) is 18.1 Å². The smallest absolute Gasteiger partial charge is 0.131 e. The monoisotopic (exact) mass is 164 g/mol. The van der Waals surface area contributed by atoms with E-state index in [1.165, 1.54) is 0 Å². The number of carbonyl (C=O) groups is 1. The van der Waals surface area contributed by atoms with Crippen molar-refractivity contribution in [3.8, 4) is 0 Å². The second kappa shape index (κ2) is 3.90. The van der Waals surface area contributed by atoms with Gasteiger partial charge in [0.15, 0.2) is 0 Å². The predicted molar refractivity (Wildman–Crippen MR) is 46.9 cm³/mol. The van der Waals surface area contributed by atoms with Crippen LogP contribution in [0.4, 0.5) is 0 Å². The van der Waals surface area contributed by atoms with E-state index in [4.69, 9.17) is 4.42 Å². The van der Waals surface area contributed by atoms with Gasteiger partial charge >= 0.3 is 0 Å². The molecule has 0 fully saturated rings. The zero-order valence-electron chi connectivity index (χ0n) is 7.07. The number of hydrogen-bond acceptors (Lipinski definition) is 2. The Morgan fingerprint density at radius 3 is 2.83 bits per heavy atom. The molecule has 2 heteroatoms. The molecule has 0 spiro atoms. The molecule has 0 aliphatic heterocycles. The Kier molecular flexibility index (Phi) is 2.86. The van der Waals surface area contributed by atoms with Crippen molar-refractivity contribution in [3.05, 3.63) is 36.8 Å². The third kappa shape index (κ3) is 1.64. The normalized spacial score (nSPS) is 15.1. The third-order valence-corrected chi connectivity index (χ3v) is 1.96. The van der Waals surface area contributed by atoms with Gasteiger partial charge in [-0.15, -0.1) is 6.58 Å². The summed E-state index contributed by atoms with van der Waals surface area (Å²) in [5.41, 5.74) is 0. The molecule has 0 amide bonds. The van der Waals surface area contributed by atoms with Gasteiger partial charge in [0.2, 0.25) is 0 Å². The number of rotatable bonds is 4. The molecule has 1 aromatic heterocycles. The molecule has 1 aromatic rings. The molecular weight excluding hydrogens is 152 g/mol. The zero-order valence-corrected chi connectivity index (χ0v) is 7.07. The summed E-state index contributed by atoms with van der Waals surface area (Å²) in [6.07, 6.45) is 4.22. The van der Waals surface area contributed by atoms with Crippen LogP contribution in [0.25, 0.3) is 0 Å². The zero-order chi connectivity index (χ0) is 8.97. The summed E-state index contributed by atoms with van der Waals surface area (Å²) in [5.74, 6) is 0.628. The average Bonchev–Trinajstić information content (AvgIpc) is 2.58. The van der Waals surface area contributed by atoms with Gasteiger partial charge < -0.3 is 9.21 Å². The molecule has 0 radical (unpaired) electrons. The molecule has 1 rings (SSSR count). The van der Waals surface area contributed by atoms with Crippen molar-refractivity contribution in [1.82, 2.24) is 0 Å². The first-order chi connectivity index (χ1) is 5.79. The van der Waals surface area contributed by atoms with E-state index in [0.29, 0.717) is 5.76 Å². The Bertz CT molecular complexity index is 249.